The fourth-order valence-corrected chi connectivity index (χ4v) is 2.36. The quantitative estimate of drug-likeness (QED) is 0.724. The van der Waals surface area contributed by atoms with Crippen molar-refractivity contribution >= 4 is 22.7 Å². The molecule has 0 aliphatic carbocycles. The van der Waals surface area contributed by atoms with Gasteiger partial charge in [-0.3, -0.25) is 0 Å². The van der Waals surface area contributed by atoms with Crippen molar-refractivity contribution < 1.29 is 4.74 Å². The van der Waals surface area contributed by atoms with Crippen LogP contribution in [0.2, 0.25) is 0 Å². The molecule has 0 saturated carbocycles. The number of para-hydroxylation sites is 1. The van der Waals surface area contributed by atoms with Crippen LogP contribution >= 0.6 is 0 Å². The van der Waals surface area contributed by atoms with Crippen LogP contribution in [-0.2, 0) is 4.74 Å². The molecule has 2 aliphatic heterocycles. The molecule has 1 N–H and O–H groups in total. The summed E-state index contributed by atoms with van der Waals surface area (Å²) >= 11 is 0. The van der Waals surface area contributed by atoms with Crippen LogP contribution in [-0.4, -0.2) is 16.6 Å². The molecule has 3 heterocycles. The summed E-state index contributed by atoms with van der Waals surface area (Å²) in [4.78, 5) is 5.54. The maximum absolute atomic E-state index is 5.34. The molecule has 1 aromatic carbocycles. The van der Waals surface area contributed by atoms with E-state index in [1.165, 1.54) is 16.5 Å². The first-order valence-corrected chi connectivity index (χ1v) is 5.31. The Hall–Kier alpha value is -2.16. The van der Waals surface area contributed by atoms with Crippen molar-refractivity contribution in [1.29, 1.82) is 0 Å². The molecule has 0 saturated heterocycles. The standard InChI is InChI=1S/C13H10N2O/c1-2-4-11-9(3-1)10-5-6-15-8-16-7-12(15)13(10)14-11/h1-7,14H,8H2. The third-order valence-corrected chi connectivity index (χ3v) is 3.14. The summed E-state index contributed by atoms with van der Waals surface area (Å²) in [6.07, 6.45) is 6.03. The third kappa shape index (κ3) is 0.877. The second kappa shape index (κ2) is 2.70. The monoisotopic (exact) mass is 210 g/mol. The molecular weight excluding hydrogens is 200 g/mol. The van der Waals surface area contributed by atoms with Crippen molar-refractivity contribution in [3.63, 3.8) is 0 Å². The van der Waals surface area contributed by atoms with Crippen LogP contribution in [0.4, 0.5) is 0 Å². The summed E-state index contributed by atoms with van der Waals surface area (Å²) in [7, 11) is 0. The second-order valence-corrected chi connectivity index (χ2v) is 4.04. The molecular formula is C13H10N2O. The lowest BCUT2D eigenvalue weighted by Gasteiger charge is -2.18. The Bertz CT molecular complexity index is 636. The number of fused-ring (bicyclic) bond motifs is 5. The van der Waals surface area contributed by atoms with E-state index in [0.717, 1.165) is 11.4 Å². The van der Waals surface area contributed by atoms with Crippen molar-refractivity contribution in [3.05, 3.63) is 48.0 Å². The molecule has 16 heavy (non-hydrogen) atoms. The van der Waals surface area contributed by atoms with Crippen molar-refractivity contribution in [2.75, 3.05) is 6.73 Å². The van der Waals surface area contributed by atoms with Gasteiger partial charge in [-0.1, -0.05) is 18.2 Å². The predicted octanol–water partition coefficient (Wildman–Crippen LogP) is 2.74. The third-order valence-electron chi connectivity index (χ3n) is 3.14. The summed E-state index contributed by atoms with van der Waals surface area (Å²) in [6.45, 7) is 0.612. The normalized spacial score (nSPS) is 17.0. The maximum Gasteiger partial charge on any atom is 0.164 e. The van der Waals surface area contributed by atoms with Gasteiger partial charge in [0.15, 0.2) is 6.73 Å². The number of aromatic amines is 1. The van der Waals surface area contributed by atoms with Gasteiger partial charge in [0, 0.05) is 22.7 Å². The summed E-state index contributed by atoms with van der Waals surface area (Å²) in [5.74, 6) is 0. The number of hydrogen-bond acceptors (Lipinski definition) is 2. The van der Waals surface area contributed by atoms with Crippen molar-refractivity contribution in [2.45, 2.75) is 0 Å². The number of hydrogen-bond donors (Lipinski definition) is 1. The van der Waals surface area contributed by atoms with Crippen LogP contribution in [0.25, 0.3) is 22.7 Å². The van der Waals surface area contributed by atoms with E-state index in [1.54, 1.807) is 0 Å². The number of rotatable bonds is 0. The highest BCUT2D eigenvalue weighted by molar-refractivity contribution is 5.96. The molecule has 3 heteroatoms. The van der Waals surface area contributed by atoms with Crippen molar-refractivity contribution in [2.24, 2.45) is 0 Å². The second-order valence-electron chi connectivity index (χ2n) is 4.04. The van der Waals surface area contributed by atoms with E-state index < -0.39 is 0 Å². The van der Waals surface area contributed by atoms with Crippen LogP contribution in [0, 0.1) is 0 Å². The zero-order valence-electron chi connectivity index (χ0n) is 8.60. The number of H-pyrrole nitrogens is 1. The van der Waals surface area contributed by atoms with Crippen LogP contribution in [0.1, 0.15) is 11.3 Å². The average molecular weight is 210 g/mol. The lowest BCUT2D eigenvalue weighted by Crippen LogP contribution is -2.14. The maximum atomic E-state index is 5.34. The van der Waals surface area contributed by atoms with Gasteiger partial charge in [0.2, 0.25) is 0 Å². The number of benzene rings is 1. The Balaban J connectivity index is 2.09. The highest BCUT2D eigenvalue weighted by Crippen LogP contribution is 2.35. The lowest BCUT2D eigenvalue weighted by molar-refractivity contribution is 0.206. The molecule has 0 atom stereocenters. The molecule has 0 fully saturated rings. The van der Waals surface area contributed by atoms with Gasteiger partial charge >= 0.3 is 0 Å². The van der Waals surface area contributed by atoms with E-state index in [0.29, 0.717) is 6.73 Å². The lowest BCUT2D eigenvalue weighted by atomic mass is 10.1. The summed E-state index contributed by atoms with van der Waals surface area (Å²) in [5.41, 5.74) is 4.70. The largest absolute Gasteiger partial charge is 0.478 e. The summed E-state index contributed by atoms with van der Waals surface area (Å²) in [6, 6.07) is 8.35. The molecule has 78 valence electrons. The van der Waals surface area contributed by atoms with Gasteiger partial charge in [-0.2, -0.15) is 0 Å². The number of nitrogens with one attached hydrogen (secondary N) is 1. The SMILES string of the molecule is C1=CN2COC=C2c2[nH]c3ccccc3c21. The number of ether oxygens (including phenoxy) is 1. The Kier molecular flexibility index (Phi) is 1.36. The van der Waals surface area contributed by atoms with E-state index in [-0.39, 0.29) is 0 Å². The number of aromatic nitrogens is 1. The molecule has 1 aromatic heterocycles. The molecule has 4 rings (SSSR count). The fourth-order valence-electron chi connectivity index (χ4n) is 2.36. The van der Waals surface area contributed by atoms with Crippen molar-refractivity contribution in [1.82, 2.24) is 9.88 Å². The fraction of sp³-hybridized carbons (Fsp3) is 0.0769. The highest BCUT2D eigenvalue weighted by atomic mass is 16.5. The zero-order chi connectivity index (χ0) is 10.5. The molecule has 0 spiro atoms. The van der Waals surface area contributed by atoms with E-state index in [9.17, 15) is 0 Å². The Labute approximate surface area is 92.6 Å². The van der Waals surface area contributed by atoms with E-state index in [1.807, 2.05) is 12.3 Å². The summed E-state index contributed by atoms with van der Waals surface area (Å²) < 4.78 is 5.34. The Morgan fingerprint density at radius 3 is 3.19 bits per heavy atom. The molecule has 3 nitrogen and oxygen atoms in total. The van der Waals surface area contributed by atoms with Gasteiger partial charge in [0.05, 0.1) is 5.69 Å². The smallest absolute Gasteiger partial charge is 0.164 e. The first-order chi connectivity index (χ1) is 7.93. The molecule has 0 radical (unpaired) electrons. The predicted molar refractivity (Wildman–Crippen MR) is 63.1 cm³/mol. The van der Waals surface area contributed by atoms with Gasteiger partial charge in [-0.15, -0.1) is 0 Å². The van der Waals surface area contributed by atoms with Gasteiger partial charge in [0.1, 0.15) is 12.0 Å². The molecule has 0 amide bonds. The Morgan fingerprint density at radius 1 is 1.25 bits per heavy atom. The first-order valence-electron chi connectivity index (χ1n) is 5.31. The first kappa shape index (κ1) is 8.05. The molecule has 0 bridgehead atoms. The highest BCUT2D eigenvalue weighted by Gasteiger charge is 2.24. The van der Waals surface area contributed by atoms with Gasteiger partial charge in [0.25, 0.3) is 0 Å². The number of nitrogens with zero attached hydrogens (tertiary/aromatic N) is 1. The van der Waals surface area contributed by atoms with Crippen LogP contribution < -0.4 is 0 Å². The average Bonchev–Trinajstić information content (AvgIpc) is 2.92. The van der Waals surface area contributed by atoms with Gasteiger partial charge in [-0.25, -0.2) is 0 Å². The van der Waals surface area contributed by atoms with Crippen molar-refractivity contribution in [3.8, 4) is 0 Å². The minimum atomic E-state index is 0.612. The van der Waals surface area contributed by atoms with E-state index in [2.05, 4.69) is 40.4 Å². The van der Waals surface area contributed by atoms with Crippen LogP contribution in [0.3, 0.4) is 0 Å². The van der Waals surface area contributed by atoms with E-state index >= 15 is 0 Å². The molecule has 2 aromatic rings. The van der Waals surface area contributed by atoms with Gasteiger partial charge < -0.3 is 14.6 Å². The Morgan fingerprint density at radius 2 is 2.19 bits per heavy atom. The topological polar surface area (TPSA) is 28.3 Å². The van der Waals surface area contributed by atoms with Crippen LogP contribution in [0.15, 0.2) is 36.7 Å². The van der Waals surface area contributed by atoms with Gasteiger partial charge in [-0.05, 0) is 12.1 Å². The van der Waals surface area contributed by atoms with E-state index in [4.69, 9.17) is 4.74 Å². The zero-order valence-corrected chi connectivity index (χ0v) is 8.60. The molecule has 0 unspecified atom stereocenters. The molecule has 2 aliphatic rings. The van der Waals surface area contributed by atoms with Crippen LogP contribution in [0.5, 0.6) is 0 Å². The minimum Gasteiger partial charge on any atom is -0.478 e. The summed E-state index contributed by atoms with van der Waals surface area (Å²) in [5, 5.41) is 1.27. The minimum absolute atomic E-state index is 0.612.